The molecule has 1 heterocycles. The van der Waals surface area contributed by atoms with Crippen LogP contribution in [0.2, 0.25) is 0 Å². The van der Waals surface area contributed by atoms with Gasteiger partial charge in [-0.05, 0) is 42.5 Å². The number of benzene rings is 2. The molecule has 1 aromatic heterocycles. The van der Waals surface area contributed by atoms with E-state index >= 15 is 0 Å². The lowest BCUT2D eigenvalue weighted by atomic mass is 10.1. The highest BCUT2D eigenvalue weighted by molar-refractivity contribution is 9.10. The van der Waals surface area contributed by atoms with Gasteiger partial charge < -0.3 is 9.88 Å². The molecule has 7 heteroatoms. The van der Waals surface area contributed by atoms with Crippen molar-refractivity contribution in [2.45, 2.75) is 0 Å². The second-order valence-corrected chi connectivity index (χ2v) is 6.26. The van der Waals surface area contributed by atoms with Gasteiger partial charge in [0.25, 0.3) is 5.91 Å². The zero-order valence-corrected chi connectivity index (χ0v) is 14.7. The fraction of sp³-hybridized carbons (Fsp3) is 0.0556. The Morgan fingerprint density at radius 3 is 2.48 bits per heavy atom. The van der Waals surface area contributed by atoms with E-state index in [-0.39, 0.29) is 11.3 Å². The maximum Gasteiger partial charge on any atom is 0.258 e. The Morgan fingerprint density at radius 2 is 1.88 bits per heavy atom. The predicted octanol–water partition coefficient (Wildman–Crippen LogP) is 3.81. The van der Waals surface area contributed by atoms with E-state index in [1.807, 2.05) is 0 Å². The SMILES string of the molecule is Cn1ccnc1C(=O)c1ccc(NC(=O)c2ccc(Br)cc2F)cc1. The second-order valence-electron chi connectivity index (χ2n) is 5.35. The van der Waals surface area contributed by atoms with Gasteiger partial charge in [-0.1, -0.05) is 15.9 Å². The van der Waals surface area contributed by atoms with Gasteiger partial charge in [-0.3, -0.25) is 9.59 Å². The molecule has 126 valence electrons. The lowest BCUT2D eigenvalue weighted by molar-refractivity contribution is 0.101. The minimum Gasteiger partial charge on any atom is -0.331 e. The molecule has 0 aliphatic heterocycles. The van der Waals surface area contributed by atoms with Crippen molar-refractivity contribution < 1.29 is 14.0 Å². The Labute approximate surface area is 151 Å². The molecule has 0 bridgehead atoms. The van der Waals surface area contributed by atoms with Crippen molar-refractivity contribution in [1.29, 1.82) is 0 Å². The standard InChI is InChI=1S/C18H13BrFN3O2/c1-23-9-8-21-17(23)16(24)11-2-5-13(6-3-11)22-18(25)14-7-4-12(19)10-15(14)20/h2-10H,1H3,(H,22,25). The molecule has 0 aliphatic carbocycles. The number of hydrogen-bond acceptors (Lipinski definition) is 3. The van der Waals surface area contributed by atoms with E-state index in [1.54, 1.807) is 54.3 Å². The monoisotopic (exact) mass is 401 g/mol. The molecule has 0 fully saturated rings. The summed E-state index contributed by atoms with van der Waals surface area (Å²) in [5, 5.41) is 2.60. The van der Waals surface area contributed by atoms with Crippen LogP contribution in [0.3, 0.4) is 0 Å². The van der Waals surface area contributed by atoms with Crippen LogP contribution in [-0.2, 0) is 7.05 Å². The van der Waals surface area contributed by atoms with Crippen molar-refractivity contribution >= 4 is 33.3 Å². The van der Waals surface area contributed by atoms with Gasteiger partial charge in [-0.25, -0.2) is 9.37 Å². The highest BCUT2D eigenvalue weighted by Crippen LogP contribution is 2.18. The second kappa shape index (κ2) is 6.98. The lowest BCUT2D eigenvalue weighted by Gasteiger charge is -2.07. The minimum absolute atomic E-state index is 0.0589. The molecule has 0 saturated carbocycles. The third-order valence-electron chi connectivity index (χ3n) is 3.60. The van der Waals surface area contributed by atoms with E-state index < -0.39 is 11.7 Å². The smallest absolute Gasteiger partial charge is 0.258 e. The van der Waals surface area contributed by atoms with Crippen LogP contribution in [0.1, 0.15) is 26.5 Å². The molecule has 2 aromatic carbocycles. The molecule has 3 aromatic rings. The molecule has 0 radical (unpaired) electrons. The molecule has 0 spiro atoms. The van der Waals surface area contributed by atoms with Crippen molar-refractivity contribution in [3.05, 3.63) is 82.1 Å². The van der Waals surface area contributed by atoms with Crippen molar-refractivity contribution in [3.8, 4) is 0 Å². The molecule has 25 heavy (non-hydrogen) atoms. The quantitative estimate of drug-likeness (QED) is 0.676. The van der Waals surface area contributed by atoms with E-state index in [4.69, 9.17) is 0 Å². The zero-order chi connectivity index (χ0) is 18.0. The van der Waals surface area contributed by atoms with Crippen LogP contribution in [0, 0.1) is 5.82 Å². The third kappa shape index (κ3) is 3.66. The maximum absolute atomic E-state index is 13.8. The fourth-order valence-corrected chi connectivity index (χ4v) is 2.62. The number of aromatic nitrogens is 2. The molecule has 0 unspecified atom stereocenters. The number of nitrogens with zero attached hydrogens (tertiary/aromatic N) is 2. The number of carbonyl (C=O) groups is 2. The first-order chi connectivity index (χ1) is 12.0. The van der Waals surface area contributed by atoms with Crippen molar-refractivity contribution in [3.63, 3.8) is 0 Å². The number of imidazole rings is 1. The lowest BCUT2D eigenvalue weighted by Crippen LogP contribution is -2.14. The van der Waals surface area contributed by atoms with Gasteiger partial charge >= 0.3 is 0 Å². The van der Waals surface area contributed by atoms with E-state index in [9.17, 15) is 14.0 Å². The highest BCUT2D eigenvalue weighted by atomic mass is 79.9. The van der Waals surface area contributed by atoms with Crippen LogP contribution >= 0.6 is 15.9 Å². The molecule has 1 N–H and O–H groups in total. The Hall–Kier alpha value is -2.80. The Bertz CT molecular complexity index is 951. The number of ketones is 1. The van der Waals surface area contributed by atoms with Crippen LogP contribution in [0.25, 0.3) is 0 Å². The van der Waals surface area contributed by atoms with E-state index in [1.165, 1.54) is 12.1 Å². The number of rotatable bonds is 4. The van der Waals surface area contributed by atoms with Gasteiger partial charge in [0, 0.05) is 35.2 Å². The fourth-order valence-electron chi connectivity index (χ4n) is 2.29. The summed E-state index contributed by atoms with van der Waals surface area (Å²) in [6.07, 6.45) is 3.24. The average molecular weight is 402 g/mol. The van der Waals surface area contributed by atoms with Crippen LogP contribution in [0.5, 0.6) is 0 Å². The first kappa shape index (κ1) is 17.0. The molecule has 5 nitrogen and oxygen atoms in total. The molecular formula is C18H13BrFN3O2. The number of anilines is 1. The Kier molecular flexibility index (Phi) is 4.76. The van der Waals surface area contributed by atoms with E-state index in [0.29, 0.717) is 21.5 Å². The Morgan fingerprint density at radius 1 is 1.16 bits per heavy atom. The number of hydrogen-bond donors (Lipinski definition) is 1. The summed E-state index contributed by atoms with van der Waals surface area (Å²) in [7, 11) is 1.74. The van der Waals surface area contributed by atoms with Crippen LogP contribution < -0.4 is 5.32 Å². The Balaban J connectivity index is 1.75. The molecular weight excluding hydrogens is 389 g/mol. The molecule has 1 amide bonds. The number of halogens is 2. The summed E-state index contributed by atoms with van der Waals surface area (Å²) in [5.41, 5.74) is 0.849. The summed E-state index contributed by atoms with van der Waals surface area (Å²) in [6, 6.07) is 10.6. The predicted molar refractivity (Wildman–Crippen MR) is 95.1 cm³/mol. The van der Waals surface area contributed by atoms with Gasteiger partial charge in [0.15, 0.2) is 5.82 Å². The molecule has 0 aliphatic rings. The normalized spacial score (nSPS) is 10.5. The number of aryl methyl sites for hydroxylation is 1. The topological polar surface area (TPSA) is 64.0 Å². The largest absolute Gasteiger partial charge is 0.331 e. The van der Waals surface area contributed by atoms with Crippen molar-refractivity contribution in [2.24, 2.45) is 7.05 Å². The number of amides is 1. The number of carbonyl (C=O) groups excluding carboxylic acids is 2. The first-order valence-corrected chi connectivity index (χ1v) is 8.13. The van der Waals surface area contributed by atoms with Crippen molar-refractivity contribution in [1.82, 2.24) is 9.55 Å². The van der Waals surface area contributed by atoms with Gasteiger partial charge in [0.1, 0.15) is 5.82 Å². The summed E-state index contributed by atoms with van der Waals surface area (Å²) in [6.45, 7) is 0. The van der Waals surface area contributed by atoms with Gasteiger partial charge in [-0.2, -0.15) is 0 Å². The molecule has 3 rings (SSSR count). The summed E-state index contributed by atoms with van der Waals surface area (Å²) in [4.78, 5) is 28.5. The average Bonchev–Trinajstić information content (AvgIpc) is 3.00. The van der Waals surface area contributed by atoms with Gasteiger partial charge in [-0.15, -0.1) is 0 Å². The number of nitrogens with one attached hydrogen (secondary N) is 1. The van der Waals surface area contributed by atoms with Crippen LogP contribution in [0.15, 0.2) is 59.3 Å². The summed E-state index contributed by atoms with van der Waals surface area (Å²) < 4.78 is 16.0. The molecule has 0 atom stereocenters. The van der Waals surface area contributed by atoms with Crippen molar-refractivity contribution in [2.75, 3.05) is 5.32 Å². The first-order valence-electron chi connectivity index (χ1n) is 7.34. The highest BCUT2D eigenvalue weighted by Gasteiger charge is 2.15. The minimum atomic E-state index is -0.617. The van der Waals surface area contributed by atoms with Crippen LogP contribution in [-0.4, -0.2) is 21.2 Å². The van der Waals surface area contributed by atoms with Gasteiger partial charge in [0.05, 0.1) is 5.56 Å². The zero-order valence-electron chi connectivity index (χ0n) is 13.2. The maximum atomic E-state index is 13.8. The van der Waals surface area contributed by atoms with E-state index in [2.05, 4.69) is 26.2 Å². The van der Waals surface area contributed by atoms with E-state index in [0.717, 1.165) is 0 Å². The van der Waals surface area contributed by atoms with Gasteiger partial charge in [0.2, 0.25) is 5.78 Å². The van der Waals surface area contributed by atoms with Crippen LogP contribution in [0.4, 0.5) is 10.1 Å². The third-order valence-corrected chi connectivity index (χ3v) is 4.10. The molecule has 0 saturated heterocycles. The summed E-state index contributed by atoms with van der Waals surface area (Å²) >= 11 is 3.14. The summed E-state index contributed by atoms with van der Waals surface area (Å²) in [5.74, 6) is -1.07.